The van der Waals surface area contributed by atoms with Gasteiger partial charge < -0.3 is 19.3 Å². The quantitative estimate of drug-likeness (QED) is 0.477. The first-order valence-electron chi connectivity index (χ1n) is 13.6. The van der Waals surface area contributed by atoms with Crippen LogP contribution >= 0.6 is 0 Å². The van der Waals surface area contributed by atoms with Crippen LogP contribution in [0.3, 0.4) is 0 Å². The third-order valence-corrected chi connectivity index (χ3v) is 10.1. The summed E-state index contributed by atoms with van der Waals surface area (Å²) in [5.41, 5.74) is -5.55. The Morgan fingerprint density at radius 1 is 1.21 bits per heavy atom. The van der Waals surface area contributed by atoms with Gasteiger partial charge in [-0.15, -0.1) is 0 Å². The van der Waals surface area contributed by atoms with E-state index in [2.05, 4.69) is 0 Å². The van der Waals surface area contributed by atoms with E-state index in [0.717, 1.165) is 13.5 Å². The lowest BCUT2D eigenvalue weighted by Crippen LogP contribution is -2.70. The van der Waals surface area contributed by atoms with E-state index >= 15 is 4.39 Å². The lowest BCUT2D eigenvalue weighted by atomic mass is 9.44. The molecule has 0 aliphatic heterocycles. The van der Waals surface area contributed by atoms with E-state index in [4.69, 9.17) is 14.2 Å². The van der Waals surface area contributed by atoms with E-state index in [1.807, 2.05) is 6.92 Å². The van der Waals surface area contributed by atoms with Gasteiger partial charge in [0, 0.05) is 29.1 Å². The largest absolute Gasteiger partial charge is 0.509 e. The Labute approximate surface area is 223 Å². The average Bonchev–Trinajstić information content (AvgIpc) is 3.09. The molecule has 0 saturated heterocycles. The van der Waals surface area contributed by atoms with Crippen molar-refractivity contribution in [3.63, 3.8) is 0 Å². The van der Waals surface area contributed by atoms with Crippen molar-refractivity contribution in [2.24, 2.45) is 28.6 Å². The molecule has 0 bridgehead atoms. The summed E-state index contributed by atoms with van der Waals surface area (Å²) >= 11 is 0. The highest BCUT2D eigenvalue weighted by Gasteiger charge is 2.77. The Kier molecular flexibility index (Phi) is 7.40. The number of fused-ring (bicyclic) bond motifs is 5. The summed E-state index contributed by atoms with van der Waals surface area (Å²) in [6.07, 6.45) is 4.45. The Hall–Kier alpha value is -2.55. The highest BCUT2D eigenvalue weighted by Crippen LogP contribution is 2.71. The van der Waals surface area contributed by atoms with E-state index in [-0.39, 0.29) is 18.6 Å². The number of methoxy groups -OCH3 is 1. The van der Waals surface area contributed by atoms with E-state index in [0.29, 0.717) is 31.3 Å². The van der Waals surface area contributed by atoms with Gasteiger partial charge in [0.2, 0.25) is 5.78 Å². The molecule has 0 amide bonds. The van der Waals surface area contributed by atoms with Crippen molar-refractivity contribution >= 4 is 23.7 Å². The normalized spacial score (nSPS) is 41.3. The maximum absolute atomic E-state index is 17.4. The predicted octanol–water partition coefficient (Wildman–Crippen LogP) is 4.43. The number of ether oxygens (including phenoxy) is 3. The van der Waals surface area contributed by atoms with Gasteiger partial charge in [-0.1, -0.05) is 38.8 Å². The number of hydrogen-bond donors (Lipinski definition) is 1. The molecule has 1 N–H and O–H groups in total. The predicted molar refractivity (Wildman–Crippen MR) is 135 cm³/mol. The highest BCUT2D eigenvalue weighted by molar-refractivity contribution is 6.01. The van der Waals surface area contributed by atoms with Gasteiger partial charge in [-0.25, -0.2) is 9.18 Å². The number of allylic oxidation sites excluding steroid dienone is 4. The molecule has 4 aliphatic carbocycles. The number of hydrogen-bond acceptors (Lipinski definition) is 8. The van der Waals surface area contributed by atoms with Gasteiger partial charge in [-0.3, -0.25) is 14.4 Å². The van der Waals surface area contributed by atoms with Crippen molar-refractivity contribution in [2.45, 2.75) is 90.0 Å². The van der Waals surface area contributed by atoms with Gasteiger partial charge in [-0.2, -0.15) is 0 Å². The number of esters is 1. The fourth-order valence-corrected chi connectivity index (χ4v) is 8.22. The first-order chi connectivity index (χ1) is 17.8. The van der Waals surface area contributed by atoms with Crippen LogP contribution in [0.15, 0.2) is 23.8 Å². The molecular formula is C29H39FO8. The molecule has 0 heterocycles. The molecule has 4 rings (SSSR count). The zero-order valence-electron chi connectivity index (χ0n) is 22.9. The van der Waals surface area contributed by atoms with Crippen molar-refractivity contribution in [3.05, 3.63) is 23.8 Å². The lowest BCUT2D eigenvalue weighted by Gasteiger charge is -2.62. The number of Topliss-reactive ketones (excluding diaryl/α,β-unsaturated/α-hetero) is 1. The fraction of sp³-hybridized carbons (Fsp3) is 0.724. The van der Waals surface area contributed by atoms with E-state index in [1.54, 1.807) is 26.8 Å². The van der Waals surface area contributed by atoms with Crippen LogP contribution in [0, 0.1) is 28.6 Å². The maximum atomic E-state index is 17.4. The monoisotopic (exact) mass is 534 g/mol. The number of carbonyl (C=O) groups excluding carboxylic acids is 4. The smallest absolute Gasteiger partial charge is 0.457 e. The van der Waals surface area contributed by atoms with Gasteiger partial charge in [0.1, 0.15) is 0 Å². The van der Waals surface area contributed by atoms with Crippen molar-refractivity contribution in [1.29, 1.82) is 0 Å². The van der Waals surface area contributed by atoms with E-state index in [1.165, 1.54) is 12.2 Å². The standard InChI is InChI=1S/C29H39FO8/c1-6-7-8-24(34)37-16-23(33)29(38-25(35)36-5)17(2)13-21-20-10-9-18-14-19(31)11-12-26(18,3)28(20,30)22(32)15-27(21,29)4/h11-12,14,17,20-22,32H,6-10,13,15-16H2,1-5H3/t17-,20+,21+,22+,26+,27+,28+,29+/m1/s1. The van der Waals surface area contributed by atoms with Crippen LogP contribution in [0.4, 0.5) is 9.18 Å². The molecule has 3 fully saturated rings. The summed E-state index contributed by atoms with van der Waals surface area (Å²) in [4.78, 5) is 50.7. The molecule has 0 spiro atoms. The molecule has 210 valence electrons. The van der Waals surface area contributed by atoms with Gasteiger partial charge in [0.15, 0.2) is 23.7 Å². The minimum absolute atomic E-state index is 0.161. The number of unbranched alkanes of at least 4 members (excludes halogenated alkanes) is 1. The van der Waals surface area contributed by atoms with Crippen LogP contribution < -0.4 is 0 Å². The van der Waals surface area contributed by atoms with Gasteiger partial charge in [0.05, 0.1) is 13.2 Å². The molecule has 0 unspecified atom stereocenters. The summed E-state index contributed by atoms with van der Waals surface area (Å²) in [6.45, 7) is 6.59. The lowest BCUT2D eigenvalue weighted by molar-refractivity contribution is -0.222. The van der Waals surface area contributed by atoms with Crippen LogP contribution in [-0.4, -0.2) is 59.9 Å². The number of halogens is 1. The first kappa shape index (κ1) is 28.5. The Morgan fingerprint density at radius 3 is 2.58 bits per heavy atom. The van der Waals surface area contributed by atoms with Crippen LogP contribution in [0.2, 0.25) is 0 Å². The molecule has 8 nitrogen and oxygen atoms in total. The summed E-state index contributed by atoms with van der Waals surface area (Å²) in [5, 5.41) is 11.6. The Bertz CT molecular complexity index is 1080. The van der Waals surface area contributed by atoms with Crippen molar-refractivity contribution in [1.82, 2.24) is 0 Å². The number of ketones is 2. The zero-order valence-corrected chi connectivity index (χ0v) is 22.9. The highest BCUT2D eigenvalue weighted by atomic mass is 19.1. The Morgan fingerprint density at radius 2 is 1.92 bits per heavy atom. The summed E-state index contributed by atoms with van der Waals surface area (Å²) < 4.78 is 33.3. The second kappa shape index (κ2) is 9.88. The number of rotatable bonds is 7. The number of carbonyl (C=O) groups is 4. The molecule has 0 aromatic rings. The zero-order chi connectivity index (χ0) is 28.1. The first-order valence-corrected chi connectivity index (χ1v) is 13.6. The van der Waals surface area contributed by atoms with Gasteiger partial charge in [0.25, 0.3) is 0 Å². The molecule has 4 aliphatic rings. The second-order valence-electron chi connectivity index (χ2n) is 11.9. The average molecular weight is 535 g/mol. The van der Waals surface area contributed by atoms with Crippen molar-refractivity contribution < 1.29 is 42.9 Å². The third kappa shape index (κ3) is 3.87. The van der Waals surface area contributed by atoms with Crippen LogP contribution in [0.5, 0.6) is 0 Å². The van der Waals surface area contributed by atoms with Crippen LogP contribution in [0.1, 0.15) is 72.6 Å². The number of alkyl halides is 1. The molecule has 0 aromatic carbocycles. The maximum Gasteiger partial charge on any atom is 0.509 e. The van der Waals surface area contributed by atoms with Gasteiger partial charge in [-0.05, 0) is 57.1 Å². The molecule has 0 radical (unpaired) electrons. The SMILES string of the molecule is CCCCC(=O)OCC(=O)[C@@]1(OC(=O)OC)[C@H](C)C[C@H]2[C@@H]3CCC4=CC(=O)C=C[C@]4(C)[C@@]3(F)[C@@H](O)C[C@@]21C. The summed E-state index contributed by atoms with van der Waals surface area (Å²) in [7, 11) is 1.14. The van der Waals surface area contributed by atoms with E-state index in [9.17, 15) is 24.3 Å². The molecular weight excluding hydrogens is 495 g/mol. The fourth-order valence-electron chi connectivity index (χ4n) is 8.22. The molecule has 0 aromatic heterocycles. The van der Waals surface area contributed by atoms with E-state index < -0.39 is 70.5 Å². The topological polar surface area (TPSA) is 116 Å². The Balaban J connectivity index is 1.74. The van der Waals surface area contributed by atoms with Crippen LogP contribution in [-0.2, 0) is 28.6 Å². The molecule has 38 heavy (non-hydrogen) atoms. The summed E-state index contributed by atoms with van der Waals surface area (Å²) in [5.74, 6) is -2.98. The minimum atomic E-state index is -2.09. The second-order valence-corrected chi connectivity index (χ2v) is 11.9. The van der Waals surface area contributed by atoms with Crippen molar-refractivity contribution in [3.8, 4) is 0 Å². The third-order valence-electron chi connectivity index (χ3n) is 10.1. The number of aliphatic hydroxyl groups excluding tert-OH is 1. The minimum Gasteiger partial charge on any atom is -0.457 e. The number of aliphatic hydroxyl groups is 1. The molecule has 3 saturated carbocycles. The molecule has 9 heteroatoms. The van der Waals surface area contributed by atoms with Crippen molar-refractivity contribution in [2.75, 3.05) is 13.7 Å². The molecule has 8 atom stereocenters. The van der Waals surface area contributed by atoms with Crippen LogP contribution in [0.25, 0.3) is 0 Å². The summed E-state index contributed by atoms with van der Waals surface area (Å²) in [6, 6.07) is 0. The van der Waals surface area contributed by atoms with Gasteiger partial charge >= 0.3 is 12.1 Å².